The molecular formula is C13H14Cl2N4S. The molecule has 0 unspecified atom stereocenters. The molecule has 0 aromatic heterocycles. The summed E-state index contributed by atoms with van der Waals surface area (Å²) in [5.74, 6) is 0. The molecule has 1 fully saturated rings. The molecule has 1 aromatic rings. The van der Waals surface area contributed by atoms with Crippen molar-refractivity contribution in [2.24, 2.45) is 5.14 Å². The molecule has 4 nitrogen and oxygen atoms in total. The molecule has 0 aliphatic carbocycles. The quantitative estimate of drug-likeness (QED) is 0.659. The molecule has 2 N–H and O–H groups in total. The first-order valence-corrected chi connectivity index (χ1v) is 7.61. The average molecular weight is 329 g/mol. The van der Waals surface area contributed by atoms with E-state index in [-0.39, 0.29) is 6.04 Å². The van der Waals surface area contributed by atoms with E-state index in [2.05, 4.69) is 12.3 Å². The summed E-state index contributed by atoms with van der Waals surface area (Å²) >= 11 is 12.5. The Hall–Kier alpha value is -1.11. The Morgan fingerprint density at radius 2 is 2.15 bits per heavy atom. The van der Waals surface area contributed by atoms with E-state index in [9.17, 15) is 0 Å². The second-order valence-electron chi connectivity index (χ2n) is 4.14. The Kier molecular flexibility index (Phi) is 7.58. The number of nitrogens with zero attached hydrogens (tertiary/aromatic N) is 3. The summed E-state index contributed by atoms with van der Waals surface area (Å²) in [7, 11) is 0. The van der Waals surface area contributed by atoms with Gasteiger partial charge in [-0.2, -0.15) is 10.5 Å². The van der Waals surface area contributed by atoms with Gasteiger partial charge in [-0.25, -0.2) is 0 Å². The van der Waals surface area contributed by atoms with Crippen molar-refractivity contribution in [2.75, 3.05) is 6.54 Å². The van der Waals surface area contributed by atoms with E-state index in [1.165, 1.54) is 0 Å². The molecule has 0 radical (unpaired) electrons. The molecule has 1 saturated heterocycles. The van der Waals surface area contributed by atoms with Crippen molar-refractivity contribution < 1.29 is 0 Å². The van der Waals surface area contributed by atoms with E-state index in [0.29, 0.717) is 16.5 Å². The third kappa shape index (κ3) is 5.11. The summed E-state index contributed by atoms with van der Waals surface area (Å²) in [4.78, 5) is 2.50. The molecule has 1 atom stereocenters. The minimum atomic E-state index is 0.204. The highest BCUT2D eigenvalue weighted by Crippen LogP contribution is 2.26. The smallest absolute Gasteiger partial charge is 0.179 e. The van der Waals surface area contributed by atoms with Crippen LogP contribution in [0.4, 0.5) is 0 Å². The lowest BCUT2D eigenvalue weighted by atomic mass is 10.2. The number of nitriles is 2. The number of nitrogens with two attached hydrogens (primary N) is 1. The predicted octanol–water partition coefficient (Wildman–Crippen LogP) is 3.80. The Bertz CT molecular complexity index is 524. The van der Waals surface area contributed by atoms with Gasteiger partial charge in [-0.15, -0.1) is 0 Å². The normalized spacial score (nSPS) is 16.9. The van der Waals surface area contributed by atoms with Crippen LogP contribution in [-0.2, 0) is 0 Å². The lowest BCUT2D eigenvalue weighted by Crippen LogP contribution is -2.23. The second-order valence-corrected chi connectivity index (χ2v) is 5.66. The first-order chi connectivity index (χ1) is 9.62. The van der Waals surface area contributed by atoms with Gasteiger partial charge in [0.1, 0.15) is 0 Å². The monoisotopic (exact) mass is 328 g/mol. The fourth-order valence-corrected chi connectivity index (χ4v) is 2.72. The van der Waals surface area contributed by atoms with Crippen LogP contribution >= 0.6 is 35.1 Å². The molecule has 1 heterocycles. The standard InChI is InChI=1S/C7H9N3.C6H5Cl2NS/c8-4-3-7-2-1-5-10(7)6-9;7-4-1-2-5(8)6(3-4)10-9/h7H,1-3,5H2;1-3H,9H2/t7-;/m1./s1. The third-order valence-electron chi connectivity index (χ3n) is 2.85. The van der Waals surface area contributed by atoms with Gasteiger partial charge in [-0.3, -0.25) is 5.14 Å². The fourth-order valence-electron chi connectivity index (χ4n) is 1.85. The molecule has 0 saturated carbocycles. The van der Waals surface area contributed by atoms with Crippen molar-refractivity contribution in [2.45, 2.75) is 30.2 Å². The van der Waals surface area contributed by atoms with Crippen molar-refractivity contribution in [1.82, 2.24) is 4.90 Å². The number of likely N-dealkylation sites (tertiary alicyclic amines) is 1. The molecule has 0 bridgehead atoms. The Morgan fingerprint density at radius 3 is 2.70 bits per heavy atom. The highest BCUT2D eigenvalue weighted by atomic mass is 35.5. The summed E-state index contributed by atoms with van der Waals surface area (Å²) in [6.45, 7) is 0.836. The van der Waals surface area contributed by atoms with Gasteiger partial charge < -0.3 is 4.90 Å². The lowest BCUT2D eigenvalue weighted by Gasteiger charge is -2.13. The lowest BCUT2D eigenvalue weighted by molar-refractivity contribution is 0.369. The molecule has 7 heteroatoms. The summed E-state index contributed by atoms with van der Waals surface area (Å²) in [6, 6.07) is 7.46. The van der Waals surface area contributed by atoms with Gasteiger partial charge in [0.2, 0.25) is 0 Å². The number of rotatable bonds is 2. The van der Waals surface area contributed by atoms with Crippen molar-refractivity contribution >= 4 is 35.1 Å². The van der Waals surface area contributed by atoms with Crippen LogP contribution in [0.25, 0.3) is 0 Å². The zero-order valence-corrected chi connectivity index (χ0v) is 13.0. The van der Waals surface area contributed by atoms with E-state index >= 15 is 0 Å². The first kappa shape index (κ1) is 16.9. The molecule has 2 rings (SSSR count). The molecular weight excluding hydrogens is 315 g/mol. The van der Waals surface area contributed by atoms with Crippen LogP contribution in [0.1, 0.15) is 19.3 Å². The summed E-state index contributed by atoms with van der Waals surface area (Å²) < 4.78 is 0. The van der Waals surface area contributed by atoms with Crippen LogP contribution in [0.5, 0.6) is 0 Å². The van der Waals surface area contributed by atoms with Gasteiger partial charge in [-0.05, 0) is 43.0 Å². The van der Waals surface area contributed by atoms with E-state index in [1.807, 2.05) is 0 Å². The SMILES string of the molecule is N#CC[C@H]1CCCN1C#N.NSc1cc(Cl)ccc1Cl. The van der Waals surface area contributed by atoms with Crippen molar-refractivity contribution in [3.05, 3.63) is 28.2 Å². The number of hydrogen-bond acceptors (Lipinski definition) is 5. The minimum absolute atomic E-state index is 0.204. The molecule has 1 aliphatic rings. The Morgan fingerprint density at radius 1 is 1.40 bits per heavy atom. The van der Waals surface area contributed by atoms with E-state index in [0.717, 1.165) is 36.2 Å². The molecule has 0 amide bonds. The fraction of sp³-hybridized carbons (Fsp3) is 0.385. The van der Waals surface area contributed by atoms with Crippen molar-refractivity contribution in [3.63, 3.8) is 0 Å². The predicted molar refractivity (Wildman–Crippen MR) is 82.1 cm³/mol. The molecule has 1 aromatic carbocycles. The largest absolute Gasteiger partial charge is 0.307 e. The summed E-state index contributed by atoms with van der Waals surface area (Å²) in [6.07, 6.45) is 4.63. The van der Waals surface area contributed by atoms with E-state index in [1.54, 1.807) is 23.1 Å². The minimum Gasteiger partial charge on any atom is -0.307 e. The second kappa shape index (κ2) is 8.94. The third-order valence-corrected chi connectivity index (χ3v) is 4.12. The van der Waals surface area contributed by atoms with Gasteiger partial charge in [0.25, 0.3) is 0 Å². The number of halogens is 2. The van der Waals surface area contributed by atoms with Crippen molar-refractivity contribution in [3.8, 4) is 12.3 Å². The van der Waals surface area contributed by atoms with Crippen molar-refractivity contribution in [1.29, 1.82) is 10.5 Å². The molecule has 1 aliphatic heterocycles. The van der Waals surface area contributed by atoms with Crippen LogP contribution in [0.15, 0.2) is 23.1 Å². The maximum Gasteiger partial charge on any atom is 0.179 e. The number of benzene rings is 1. The first-order valence-electron chi connectivity index (χ1n) is 5.97. The zero-order chi connectivity index (χ0) is 15.0. The van der Waals surface area contributed by atoms with Crippen LogP contribution in [-0.4, -0.2) is 17.5 Å². The van der Waals surface area contributed by atoms with Gasteiger partial charge in [0.05, 0.1) is 23.6 Å². The van der Waals surface area contributed by atoms with E-state index in [4.69, 9.17) is 38.9 Å². The van der Waals surface area contributed by atoms with Gasteiger partial charge in [-0.1, -0.05) is 23.2 Å². The van der Waals surface area contributed by atoms with Crippen LogP contribution in [0, 0.1) is 22.8 Å². The van der Waals surface area contributed by atoms with Crippen LogP contribution in [0.3, 0.4) is 0 Å². The topological polar surface area (TPSA) is 76.8 Å². The average Bonchev–Trinajstić information content (AvgIpc) is 2.90. The van der Waals surface area contributed by atoms with Gasteiger partial charge in [0, 0.05) is 16.5 Å². The summed E-state index contributed by atoms with van der Waals surface area (Å²) in [5, 5.41) is 23.5. The van der Waals surface area contributed by atoms with Crippen LogP contribution < -0.4 is 5.14 Å². The van der Waals surface area contributed by atoms with Gasteiger partial charge in [0.15, 0.2) is 6.19 Å². The summed E-state index contributed by atoms with van der Waals surface area (Å²) in [5.41, 5.74) is 0. The van der Waals surface area contributed by atoms with E-state index < -0.39 is 0 Å². The maximum atomic E-state index is 8.53. The molecule has 0 spiro atoms. The maximum absolute atomic E-state index is 8.53. The van der Waals surface area contributed by atoms with Gasteiger partial charge >= 0.3 is 0 Å². The highest BCUT2D eigenvalue weighted by Gasteiger charge is 2.22. The number of hydrogen-bond donors (Lipinski definition) is 1. The Labute approximate surface area is 133 Å². The highest BCUT2D eigenvalue weighted by molar-refractivity contribution is 7.97. The van der Waals surface area contributed by atoms with Crippen LogP contribution in [0.2, 0.25) is 10.0 Å². The zero-order valence-electron chi connectivity index (χ0n) is 10.7. The molecule has 20 heavy (non-hydrogen) atoms. The Balaban J connectivity index is 0.000000200. The molecule has 106 valence electrons.